The van der Waals surface area contributed by atoms with E-state index in [1.54, 1.807) is 45.0 Å². The van der Waals surface area contributed by atoms with Crippen LogP contribution in [0.2, 0.25) is 0 Å². The minimum absolute atomic E-state index is 0.104. The van der Waals surface area contributed by atoms with Crippen molar-refractivity contribution in [2.75, 3.05) is 5.32 Å². The van der Waals surface area contributed by atoms with E-state index in [0.29, 0.717) is 17.0 Å². The molecule has 2 aromatic carbocycles. The quantitative estimate of drug-likeness (QED) is 0.653. The van der Waals surface area contributed by atoms with E-state index >= 15 is 0 Å². The van der Waals surface area contributed by atoms with E-state index in [-0.39, 0.29) is 11.8 Å². The lowest BCUT2D eigenvalue weighted by Crippen LogP contribution is -2.47. The Morgan fingerprint density at radius 1 is 0.862 bits per heavy atom. The Hall–Kier alpha value is -3.35. The van der Waals surface area contributed by atoms with Crippen molar-refractivity contribution in [2.45, 2.75) is 40.7 Å². The molecular weight excluding hydrogens is 370 g/mol. The largest absolute Gasteiger partial charge is 0.481 e. The van der Waals surface area contributed by atoms with Crippen molar-refractivity contribution in [1.29, 1.82) is 0 Å². The second-order valence-corrected chi connectivity index (χ2v) is 7.19. The molecule has 0 aromatic heterocycles. The van der Waals surface area contributed by atoms with Gasteiger partial charge in [-0.2, -0.15) is 0 Å². The van der Waals surface area contributed by atoms with Crippen LogP contribution in [0.5, 0.6) is 5.75 Å². The molecule has 0 bridgehead atoms. The highest BCUT2D eigenvalue weighted by Gasteiger charge is 2.17. The van der Waals surface area contributed by atoms with Crippen molar-refractivity contribution in [3.63, 3.8) is 0 Å². The van der Waals surface area contributed by atoms with Crippen molar-refractivity contribution in [2.24, 2.45) is 5.92 Å². The van der Waals surface area contributed by atoms with Crippen molar-refractivity contribution in [3.05, 3.63) is 59.2 Å². The van der Waals surface area contributed by atoms with Crippen LogP contribution in [0.25, 0.3) is 0 Å². The molecule has 2 aromatic rings. The first-order chi connectivity index (χ1) is 13.7. The average molecular weight is 397 g/mol. The molecule has 0 saturated carbocycles. The Balaban J connectivity index is 1.88. The van der Waals surface area contributed by atoms with Gasteiger partial charge in [-0.3, -0.25) is 25.2 Å². The van der Waals surface area contributed by atoms with Crippen LogP contribution in [0.1, 0.15) is 42.3 Å². The predicted molar refractivity (Wildman–Crippen MR) is 112 cm³/mol. The van der Waals surface area contributed by atoms with Crippen molar-refractivity contribution in [1.82, 2.24) is 10.9 Å². The van der Waals surface area contributed by atoms with Gasteiger partial charge in [-0.05, 0) is 62.2 Å². The summed E-state index contributed by atoms with van der Waals surface area (Å²) in [4.78, 5) is 36.1. The van der Waals surface area contributed by atoms with Gasteiger partial charge in [0.15, 0.2) is 6.10 Å². The maximum atomic E-state index is 12.2. The second-order valence-electron chi connectivity index (χ2n) is 7.19. The Bertz CT molecular complexity index is 891. The molecule has 3 amide bonds. The zero-order chi connectivity index (χ0) is 21.6. The van der Waals surface area contributed by atoms with Crippen molar-refractivity contribution in [3.8, 4) is 5.75 Å². The van der Waals surface area contributed by atoms with E-state index in [9.17, 15) is 14.4 Å². The molecule has 29 heavy (non-hydrogen) atoms. The first-order valence-corrected chi connectivity index (χ1v) is 9.42. The van der Waals surface area contributed by atoms with Gasteiger partial charge < -0.3 is 10.1 Å². The van der Waals surface area contributed by atoms with Crippen LogP contribution >= 0.6 is 0 Å². The van der Waals surface area contributed by atoms with Gasteiger partial charge in [-0.25, -0.2) is 0 Å². The molecule has 0 aliphatic rings. The highest BCUT2D eigenvalue weighted by atomic mass is 16.5. The van der Waals surface area contributed by atoms with Gasteiger partial charge in [0.2, 0.25) is 5.91 Å². The number of rotatable bonds is 6. The molecule has 0 saturated heterocycles. The zero-order valence-corrected chi connectivity index (χ0v) is 17.3. The van der Waals surface area contributed by atoms with Gasteiger partial charge in [0, 0.05) is 17.2 Å². The molecule has 0 heterocycles. The van der Waals surface area contributed by atoms with Crippen LogP contribution in [0.15, 0.2) is 42.5 Å². The first kappa shape index (κ1) is 21.9. The monoisotopic (exact) mass is 397 g/mol. The minimum atomic E-state index is -0.788. The summed E-state index contributed by atoms with van der Waals surface area (Å²) in [7, 11) is 0. The number of nitrogens with one attached hydrogen (secondary N) is 3. The lowest BCUT2D eigenvalue weighted by atomic mass is 10.1. The summed E-state index contributed by atoms with van der Waals surface area (Å²) in [6.07, 6.45) is -0.788. The number of ether oxygens (including phenoxy) is 1. The number of hydrogen-bond donors (Lipinski definition) is 3. The fourth-order valence-corrected chi connectivity index (χ4v) is 2.36. The van der Waals surface area contributed by atoms with E-state index in [4.69, 9.17) is 4.74 Å². The van der Waals surface area contributed by atoms with E-state index in [1.165, 1.54) is 0 Å². The summed E-state index contributed by atoms with van der Waals surface area (Å²) in [5.74, 6) is -0.564. The third kappa shape index (κ3) is 6.34. The molecule has 0 aliphatic carbocycles. The number of carbonyl (C=O) groups is 3. The standard InChI is InChI=1S/C22H27N3O4/c1-13(2)20(26)23-18-10-8-17(9-11-18)22(28)25-24-21(27)16(5)29-19-12-14(3)6-7-15(19)4/h6-13,16H,1-5H3,(H,23,26)(H,24,27)(H,25,28). The number of aryl methyl sites for hydroxylation is 2. The fourth-order valence-electron chi connectivity index (χ4n) is 2.36. The van der Waals surface area contributed by atoms with E-state index in [2.05, 4.69) is 16.2 Å². The number of hydrazine groups is 1. The zero-order valence-electron chi connectivity index (χ0n) is 17.3. The Morgan fingerprint density at radius 3 is 2.14 bits per heavy atom. The molecule has 1 atom stereocenters. The molecule has 7 heteroatoms. The van der Waals surface area contributed by atoms with Crippen LogP contribution in [0.3, 0.4) is 0 Å². The summed E-state index contributed by atoms with van der Waals surface area (Å²) < 4.78 is 5.69. The maximum absolute atomic E-state index is 12.2. The van der Waals surface area contributed by atoms with Gasteiger partial charge in [-0.15, -0.1) is 0 Å². The van der Waals surface area contributed by atoms with Crippen LogP contribution in [0.4, 0.5) is 5.69 Å². The molecule has 3 N–H and O–H groups in total. The molecule has 0 spiro atoms. The number of amides is 3. The highest BCUT2D eigenvalue weighted by molar-refractivity contribution is 5.97. The Labute approximate surface area is 170 Å². The van der Waals surface area contributed by atoms with Crippen LogP contribution < -0.4 is 20.9 Å². The van der Waals surface area contributed by atoms with Crippen LogP contribution in [-0.4, -0.2) is 23.8 Å². The third-order valence-corrected chi connectivity index (χ3v) is 4.25. The summed E-state index contributed by atoms with van der Waals surface area (Å²) in [5.41, 5.74) is 7.62. The van der Waals surface area contributed by atoms with E-state index in [1.807, 2.05) is 32.0 Å². The lowest BCUT2D eigenvalue weighted by Gasteiger charge is -2.17. The molecule has 0 radical (unpaired) electrons. The SMILES string of the molecule is Cc1ccc(C)c(OC(C)C(=O)NNC(=O)c2ccc(NC(=O)C(C)C)cc2)c1. The molecular formula is C22H27N3O4. The highest BCUT2D eigenvalue weighted by Crippen LogP contribution is 2.20. The van der Waals surface area contributed by atoms with Gasteiger partial charge in [-0.1, -0.05) is 26.0 Å². The number of hydrogen-bond acceptors (Lipinski definition) is 4. The average Bonchev–Trinajstić information content (AvgIpc) is 2.69. The van der Waals surface area contributed by atoms with E-state index < -0.39 is 17.9 Å². The van der Waals surface area contributed by atoms with Crippen molar-refractivity contribution < 1.29 is 19.1 Å². The molecule has 0 aliphatic heterocycles. The second kappa shape index (κ2) is 9.73. The first-order valence-electron chi connectivity index (χ1n) is 9.42. The molecule has 154 valence electrons. The minimum Gasteiger partial charge on any atom is -0.481 e. The molecule has 2 rings (SSSR count). The van der Waals surface area contributed by atoms with Crippen LogP contribution in [0, 0.1) is 19.8 Å². The molecule has 7 nitrogen and oxygen atoms in total. The maximum Gasteiger partial charge on any atom is 0.279 e. The summed E-state index contributed by atoms with van der Waals surface area (Å²) in [6, 6.07) is 12.1. The van der Waals surface area contributed by atoms with Gasteiger partial charge in [0.25, 0.3) is 11.8 Å². The summed E-state index contributed by atoms with van der Waals surface area (Å²) >= 11 is 0. The molecule has 0 fully saturated rings. The van der Waals surface area contributed by atoms with Gasteiger partial charge in [0.1, 0.15) is 5.75 Å². The van der Waals surface area contributed by atoms with Crippen LogP contribution in [-0.2, 0) is 9.59 Å². The fraction of sp³-hybridized carbons (Fsp3) is 0.318. The normalized spacial score (nSPS) is 11.5. The van der Waals surface area contributed by atoms with Gasteiger partial charge in [0.05, 0.1) is 0 Å². The third-order valence-electron chi connectivity index (χ3n) is 4.25. The Kier molecular flexibility index (Phi) is 7.36. The van der Waals surface area contributed by atoms with Crippen molar-refractivity contribution >= 4 is 23.4 Å². The number of benzene rings is 2. The number of anilines is 1. The molecule has 1 unspecified atom stereocenters. The lowest BCUT2D eigenvalue weighted by molar-refractivity contribution is -0.128. The topological polar surface area (TPSA) is 96.5 Å². The summed E-state index contributed by atoms with van der Waals surface area (Å²) in [5, 5.41) is 2.75. The van der Waals surface area contributed by atoms with Gasteiger partial charge >= 0.3 is 0 Å². The summed E-state index contributed by atoms with van der Waals surface area (Å²) in [6.45, 7) is 9.04. The predicted octanol–water partition coefficient (Wildman–Crippen LogP) is 3.13. The van der Waals surface area contributed by atoms with E-state index in [0.717, 1.165) is 11.1 Å². The smallest absolute Gasteiger partial charge is 0.279 e. The number of carbonyl (C=O) groups excluding carboxylic acids is 3. The Morgan fingerprint density at radius 2 is 1.52 bits per heavy atom.